The smallest absolute Gasteiger partial charge is 0.141 e. The van der Waals surface area contributed by atoms with Crippen LogP contribution in [0.2, 0.25) is 5.02 Å². The number of aliphatic hydroxyl groups excluding tert-OH is 1. The van der Waals surface area contributed by atoms with Gasteiger partial charge in [-0.15, -0.1) is 0 Å². The maximum Gasteiger partial charge on any atom is 0.141 e. The maximum absolute atomic E-state index is 13.0. The van der Waals surface area contributed by atoms with E-state index in [2.05, 4.69) is 5.32 Å². The Morgan fingerprint density at radius 1 is 1.30 bits per heavy atom. The molecule has 0 saturated carbocycles. The van der Waals surface area contributed by atoms with E-state index in [0.717, 1.165) is 5.56 Å². The van der Waals surface area contributed by atoms with E-state index in [0.29, 0.717) is 11.4 Å². The zero-order valence-corrected chi connectivity index (χ0v) is 11.7. The lowest BCUT2D eigenvalue weighted by atomic mass is 10.1. The van der Waals surface area contributed by atoms with Crippen LogP contribution in [-0.4, -0.2) is 18.8 Å². The van der Waals surface area contributed by atoms with E-state index in [1.54, 1.807) is 19.2 Å². The van der Waals surface area contributed by atoms with Gasteiger partial charge in [0, 0.05) is 12.2 Å². The van der Waals surface area contributed by atoms with Crippen molar-refractivity contribution in [2.24, 2.45) is 0 Å². The molecule has 0 amide bonds. The third-order valence-electron chi connectivity index (χ3n) is 2.90. The SMILES string of the molecule is COc1cccc(C(O)CNc2ccc(F)c(Cl)c2)c1. The Labute approximate surface area is 122 Å². The summed E-state index contributed by atoms with van der Waals surface area (Å²) in [6, 6.07) is 11.5. The number of halogens is 2. The van der Waals surface area contributed by atoms with Crippen LogP contribution in [-0.2, 0) is 0 Å². The van der Waals surface area contributed by atoms with Crippen molar-refractivity contribution < 1.29 is 14.2 Å². The lowest BCUT2D eigenvalue weighted by molar-refractivity contribution is 0.191. The fourth-order valence-electron chi connectivity index (χ4n) is 1.79. The van der Waals surface area contributed by atoms with E-state index < -0.39 is 11.9 Å². The molecule has 0 bridgehead atoms. The van der Waals surface area contributed by atoms with Crippen LogP contribution in [0.4, 0.5) is 10.1 Å². The summed E-state index contributed by atoms with van der Waals surface area (Å²) in [5.41, 5.74) is 1.39. The molecule has 0 aromatic heterocycles. The number of ether oxygens (including phenoxy) is 1. The quantitative estimate of drug-likeness (QED) is 0.885. The highest BCUT2D eigenvalue weighted by Gasteiger charge is 2.09. The van der Waals surface area contributed by atoms with Gasteiger partial charge in [-0.3, -0.25) is 0 Å². The van der Waals surface area contributed by atoms with Crippen LogP contribution < -0.4 is 10.1 Å². The number of methoxy groups -OCH3 is 1. The van der Waals surface area contributed by atoms with E-state index >= 15 is 0 Å². The second kappa shape index (κ2) is 6.59. The first-order valence-corrected chi connectivity index (χ1v) is 6.49. The van der Waals surface area contributed by atoms with Crippen LogP contribution in [0, 0.1) is 5.82 Å². The second-order valence-corrected chi connectivity index (χ2v) is 4.71. The second-order valence-electron chi connectivity index (χ2n) is 4.30. The standard InChI is InChI=1S/C15H15ClFNO2/c1-20-12-4-2-3-10(7-12)15(19)9-18-11-5-6-14(17)13(16)8-11/h2-8,15,18-19H,9H2,1H3. The van der Waals surface area contributed by atoms with E-state index in [1.807, 2.05) is 18.2 Å². The van der Waals surface area contributed by atoms with Crippen LogP contribution >= 0.6 is 11.6 Å². The Bertz CT molecular complexity index is 592. The first kappa shape index (κ1) is 14.6. The molecule has 0 aliphatic carbocycles. The molecule has 0 aliphatic rings. The van der Waals surface area contributed by atoms with Crippen molar-refractivity contribution in [3.05, 3.63) is 58.9 Å². The largest absolute Gasteiger partial charge is 0.497 e. The van der Waals surface area contributed by atoms with E-state index in [9.17, 15) is 9.50 Å². The molecule has 2 aromatic carbocycles. The lowest BCUT2D eigenvalue weighted by Crippen LogP contribution is -2.12. The molecule has 2 aromatic rings. The maximum atomic E-state index is 13.0. The number of benzene rings is 2. The molecule has 5 heteroatoms. The van der Waals surface area contributed by atoms with Gasteiger partial charge in [0.1, 0.15) is 11.6 Å². The van der Waals surface area contributed by atoms with Crippen molar-refractivity contribution in [1.82, 2.24) is 0 Å². The summed E-state index contributed by atoms with van der Waals surface area (Å²) < 4.78 is 18.1. The van der Waals surface area contributed by atoms with Crippen LogP contribution in [0.25, 0.3) is 0 Å². The Morgan fingerprint density at radius 3 is 2.80 bits per heavy atom. The summed E-state index contributed by atoms with van der Waals surface area (Å²) in [5, 5.41) is 13.2. The Balaban J connectivity index is 2.00. The number of hydrogen-bond donors (Lipinski definition) is 2. The van der Waals surface area contributed by atoms with Crippen LogP contribution in [0.1, 0.15) is 11.7 Å². The zero-order chi connectivity index (χ0) is 14.5. The lowest BCUT2D eigenvalue weighted by Gasteiger charge is -2.14. The van der Waals surface area contributed by atoms with Crippen LogP contribution in [0.15, 0.2) is 42.5 Å². The molecule has 0 spiro atoms. The summed E-state index contributed by atoms with van der Waals surface area (Å²) in [4.78, 5) is 0. The highest BCUT2D eigenvalue weighted by atomic mass is 35.5. The normalized spacial score (nSPS) is 12.0. The van der Waals surface area contributed by atoms with Crippen molar-refractivity contribution >= 4 is 17.3 Å². The van der Waals surface area contributed by atoms with Gasteiger partial charge in [-0.2, -0.15) is 0 Å². The molecule has 2 N–H and O–H groups in total. The molecule has 0 aliphatic heterocycles. The van der Waals surface area contributed by atoms with E-state index in [4.69, 9.17) is 16.3 Å². The molecule has 0 radical (unpaired) electrons. The highest BCUT2D eigenvalue weighted by molar-refractivity contribution is 6.31. The van der Waals surface area contributed by atoms with Crippen LogP contribution in [0.3, 0.4) is 0 Å². The van der Waals surface area contributed by atoms with Crippen molar-refractivity contribution in [3.63, 3.8) is 0 Å². The third-order valence-corrected chi connectivity index (χ3v) is 3.19. The third kappa shape index (κ3) is 3.62. The van der Waals surface area contributed by atoms with Gasteiger partial charge in [0.25, 0.3) is 0 Å². The first-order valence-electron chi connectivity index (χ1n) is 6.11. The van der Waals surface area contributed by atoms with Gasteiger partial charge in [0.15, 0.2) is 0 Å². The summed E-state index contributed by atoms with van der Waals surface area (Å²) >= 11 is 5.69. The molecule has 20 heavy (non-hydrogen) atoms. The molecule has 0 saturated heterocycles. The number of rotatable bonds is 5. The molecule has 3 nitrogen and oxygen atoms in total. The molecule has 2 rings (SSSR count). The molecular weight excluding hydrogens is 281 g/mol. The van der Waals surface area contributed by atoms with Gasteiger partial charge >= 0.3 is 0 Å². The van der Waals surface area contributed by atoms with Crippen molar-refractivity contribution in [2.45, 2.75) is 6.10 Å². The minimum atomic E-state index is -0.700. The molecule has 1 unspecified atom stereocenters. The fourth-order valence-corrected chi connectivity index (χ4v) is 1.97. The van der Waals surface area contributed by atoms with Gasteiger partial charge in [-0.25, -0.2) is 4.39 Å². The van der Waals surface area contributed by atoms with Crippen molar-refractivity contribution in [1.29, 1.82) is 0 Å². The Morgan fingerprint density at radius 2 is 2.10 bits per heavy atom. The zero-order valence-electron chi connectivity index (χ0n) is 10.9. The average Bonchev–Trinajstić information content (AvgIpc) is 2.48. The molecule has 0 heterocycles. The predicted molar refractivity (Wildman–Crippen MR) is 77.9 cm³/mol. The minimum absolute atomic E-state index is 0.0471. The fraction of sp³-hybridized carbons (Fsp3) is 0.200. The predicted octanol–water partition coefficient (Wildman–Crippen LogP) is 3.63. The minimum Gasteiger partial charge on any atom is -0.497 e. The summed E-state index contributed by atoms with van der Waals surface area (Å²) in [6.07, 6.45) is -0.700. The summed E-state index contributed by atoms with van der Waals surface area (Å²) in [7, 11) is 1.57. The van der Waals surface area contributed by atoms with Crippen molar-refractivity contribution in [2.75, 3.05) is 19.0 Å². The van der Waals surface area contributed by atoms with Crippen molar-refractivity contribution in [3.8, 4) is 5.75 Å². The van der Waals surface area contributed by atoms with Gasteiger partial charge in [0.2, 0.25) is 0 Å². The summed E-state index contributed by atoms with van der Waals surface area (Å²) in [6.45, 7) is 0.287. The van der Waals surface area contributed by atoms with Gasteiger partial charge in [-0.1, -0.05) is 23.7 Å². The number of hydrogen-bond acceptors (Lipinski definition) is 3. The molecular formula is C15H15ClFNO2. The number of aliphatic hydroxyl groups is 1. The summed E-state index contributed by atoms with van der Waals surface area (Å²) in [5.74, 6) is 0.219. The molecule has 0 fully saturated rings. The number of nitrogens with one attached hydrogen (secondary N) is 1. The van der Waals surface area contributed by atoms with E-state index in [1.165, 1.54) is 12.1 Å². The van der Waals surface area contributed by atoms with Gasteiger partial charge in [-0.05, 0) is 35.9 Å². The average molecular weight is 296 g/mol. The van der Waals surface area contributed by atoms with Gasteiger partial charge in [0.05, 0.1) is 18.2 Å². The highest BCUT2D eigenvalue weighted by Crippen LogP contribution is 2.22. The molecule has 1 atom stereocenters. The first-order chi connectivity index (χ1) is 9.60. The number of anilines is 1. The Hall–Kier alpha value is -1.78. The van der Waals surface area contributed by atoms with Gasteiger partial charge < -0.3 is 15.2 Å². The Kier molecular flexibility index (Phi) is 4.82. The van der Waals surface area contributed by atoms with Crippen LogP contribution in [0.5, 0.6) is 5.75 Å². The topological polar surface area (TPSA) is 41.5 Å². The van der Waals surface area contributed by atoms with E-state index in [-0.39, 0.29) is 11.6 Å². The molecule has 106 valence electrons. The monoisotopic (exact) mass is 295 g/mol.